The van der Waals surface area contributed by atoms with Gasteiger partial charge in [0.1, 0.15) is 6.10 Å². The molecule has 2 N–H and O–H groups in total. The number of aliphatic hydroxyl groups is 1. The molecule has 2 aromatic rings. The van der Waals surface area contributed by atoms with Gasteiger partial charge in [-0.1, -0.05) is 18.2 Å². The second-order valence-electron chi connectivity index (χ2n) is 12.0. The van der Waals surface area contributed by atoms with Crippen molar-refractivity contribution in [1.29, 1.82) is 0 Å². The zero-order valence-corrected chi connectivity index (χ0v) is 22.4. The van der Waals surface area contributed by atoms with Crippen LogP contribution in [0.2, 0.25) is 0 Å². The fourth-order valence-corrected chi connectivity index (χ4v) is 8.23. The zero-order chi connectivity index (χ0) is 26.2. The van der Waals surface area contributed by atoms with Gasteiger partial charge in [-0.15, -0.1) is 0 Å². The van der Waals surface area contributed by atoms with Crippen molar-refractivity contribution in [3.63, 3.8) is 0 Å². The van der Waals surface area contributed by atoms with Gasteiger partial charge in [-0.05, 0) is 92.5 Å². The predicted molar refractivity (Wildman–Crippen MR) is 146 cm³/mol. The Labute approximate surface area is 228 Å². The first-order valence-electron chi connectivity index (χ1n) is 13.8. The highest BCUT2D eigenvalue weighted by atomic mass is 32.1. The van der Waals surface area contributed by atoms with Gasteiger partial charge in [0.15, 0.2) is 11.5 Å². The van der Waals surface area contributed by atoms with Crippen molar-refractivity contribution >= 4 is 29.0 Å². The Morgan fingerprint density at radius 2 is 2.11 bits per heavy atom. The van der Waals surface area contributed by atoms with Gasteiger partial charge < -0.3 is 19.8 Å². The number of hydrogen-bond donors (Lipinski definition) is 2. The van der Waals surface area contributed by atoms with Crippen molar-refractivity contribution < 1.29 is 19.7 Å². The highest BCUT2D eigenvalue weighted by Crippen LogP contribution is 2.66. The largest absolute Gasteiger partial charge is 0.504 e. The van der Waals surface area contributed by atoms with E-state index in [1.54, 1.807) is 6.07 Å². The van der Waals surface area contributed by atoms with Crippen molar-refractivity contribution in [2.75, 3.05) is 20.1 Å². The van der Waals surface area contributed by atoms with Crippen LogP contribution in [0.1, 0.15) is 48.8 Å². The van der Waals surface area contributed by atoms with Crippen LogP contribution in [0, 0.1) is 5.92 Å². The lowest BCUT2D eigenvalue weighted by molar-refractivity contribution is -0.200. The topological polar surface area (TPSA) is 85.6 Å². The van der Waals surface area contributed by atoms with Crippen LogP contribution in [-0.4, -0.2) is 75.0 Å². The number of piperidine rings is 1. The number of benzene rings is 2. The maximum atomic E-state index is 13.6. The Hall–Kier alpha value is -2.77. The predicted octanol–water partition coefficient (Wildman–Crippen LogP) is 3.76. The third-order valence-corrected chi connectivity index (χ3v) is 10.2. The monoisotopic (exact) mass is 531 g/mol. The number of phenolic OH excluding ortho intramolecular Hbond substituents is 1. The maximum absolute atomic E-state index is 13.6. The lowest BCUT2D eigenvalue weighted by Crippen LogP contribution is -2.78. The maximum Gasteiger partial charge on any atom is 0.227 e. The van der Waals surface area contributed by atoms with E-state index in [1.165, 1.54) is 18.4 Å². The highest BCUT2D eigenvalue weighted by Gasteiger charge is 2.73. The van der Waals surface area contributed by atoms with E-state index in [-0.39, 0.29) is 30.2 Å². The number of thiocarbonyl (C=S) groups is 1. The molecule has 3 aliphatic carbocycles. The van der Waals surface area contributed by atoms with Gasteiger partial charge in [0.05, 0.1) is 34.3 Å². The summed E-state index contributed by atoms with van der Waals surface area (Å²) in [6.45, 7) is 1.94. The first kappa shape index (κ1) is 24.3. The standard InChI is InChI=1S/C30H33N3O4S/c1-32(25(35)14-19-3-2-4-21(13-19)31-17-38)22-9-10-30(36)24-15-20-7-8-23(34)27-26(20)29(30,28(22)37-27)11-12-33(24)16-18-5-6-18/h2-4,7-8,13,18,22,24,28,34,36H,5-6,9-12,14-16H2,1H3/t22-,24+,28-,29-,30+/m0/s1. The molecule has 5 atom stereocenters. The number of rotatable bonds is 6. The molecule has 3 fully saturated rings. The first-order chi connectivity index (χ1) is 18.4. The highest BCUT2D eigenvalue weighted by molar-refractivity contribution is 7.78. The Morgan fingerprint density at radius 1 is 1.26 bits per heavy atom. The van der Waals surface area contributed by atoms with E-state index in [4.69, 9.17) is 17.0 Å². The molecule has 5 aliphatic rings. The molecule has 2 saturated carbocycles. The zero-order valence-electron chi connectivity index (χ0n) is 21.6. The Morgan fingerprint density at radius 3 is 2.89 bits per heavy atom. The second-order valence-corrected chi connectivity index (χ2v) is 12.1. The summed E-state index contributed by atoms with van der Waals surface area (Å²) in [5.74, 6) is 1.37. The molecule has 0 radical (unpaired) electrons. The van der Waals surface area contributed by atoms with Crippen LogP contribution in [0.3, 0.4) is 0 Å². The number of likely N-dealkylation sites (tertiary alicyclic amines) is 1. The average molecular weight is 532 g/mol. The molecule has 1 spiro atoms. The first-order valence-corrected chi connectivity index (χ1v) is 14.2. The van der Waals surface area contributed by atoms with E-state index in [1.807, 2.05) is 42.3 Å². The molecular weight excluding hydrogens is 498 g/mol. The van der Waals surface area contributed by atoms with Crippen molar-refractivity contribution in [3.05, 3.63) is 53.1 Å². The summed E-state index contributed by atoms with van der Waals surface area (Å²) in [5, 5.41) is 25.9. The number of phenols is 1. The number of ether oxygens (including phenoxy) is 1. The fraction of sp³-hybridized carbons (Fsp3) is 0.533. The number of nitrogens with zero attached hydrogens (tertiary/aromatic N) is 3. The Kier molecular flexibility index (Phi) is 5.51. The third kappa shape index (κ3) is 3.37. The number of aliphatic imine (C=N–C) groups is 1. The molecule has 8 heteroatoms. The van der Waals surface area contributed by atoms with Gasteiger partial charge in [0.2, 0.25) is 5.91 Å². The summed E-state index contributed by atoms with van der Waals surface area (Å²) in [6, 6.07) is 11.0. The van der Waals surface area contributed by atoms with Crippen LogP contribution in [0.25, 0.3) is 0 Å². The van der Waals surface area contributed by atoms with Crippen LogP contribution in [0.5, 0.6) is 11.5 Å². The molecule has 0 unspecified atom stereocenters. The SMILES string of the molecule is CN(C(=O)Cc1cccc(N=C=S)c1)[C@H]1CC[C@@]2(O)[C@H]3Cc4ccc(O)c5c4[C@@]2(CCN3CC2CC2)[C@H]1O5. The van der Waals surface area contributed by atoms with E-state index in [0.717, 1.165) is 43.0 Å². The van der Waals surface area contributed by atoms with Crippen LogP contribution in [0.4, 0.5) is 5.69 Å². The van der Waals surface area contributed by atoms with Crippen LogP contribution in [0.15, 0.2) is 41.4 Å². The number of isothiocyanates is 1. The van der Waals surface area contributed by atoms with Gasteiger partial charge in [0.25, 0.3) is 0 Å². The second kappa shape index (κ2) is 8.62. The number of aromatic hydroxyl groups is 1. The quantitative estimate of drug-likeness (QED) is 0.436. The Bertz CT molecular complexity index is 1370. The van der Waals surface area contributed by atoms with Crippen molar-refractivity contribution in [3.8, 4) is 11.5 Å². The molecular formula is C30H33N3O4S. The van der Waals surface area contributed by atoms with Crippen LogP contribution < -0.4 is 4.74 Å². The Balaban J connectivity index is 1.24. The van der Waals surface area contributed by atoms with Crippen LogP contribution in [-0.2, 0) is 23.1 Å². The van der Waals surface area contributed by atoms with E-state index < -0.39 is 17.1 Å². The molecule has 2 heterocycles. The third-order valence-electron chi connectivity index (χ3n) is 10.1. The summed E-state index contributed by atoms with van der Waals surface area (Å²) in [5.41, 5.74) is 2.11. The molecule has 2 aromatic carbocycles. The van der Waals surface area contributed by atoms with Crippen molar-refractivity contribution in [2.45, 2.75) is 74.1 Å². The number of carbonyl (C=O) groups is 1. The van der Waals surface area contributed by atoms with Gasteiger partial charge in [0, 0.05) is 25.2 Å². The van der Waals surface area contributed by atoms with E-state index in [0.29, 0.717) is 24.3 Å². The fourth-order valence-electron chi connectivity index (χ4n) is 8.12. The number of amides is 1. The molecule has 1 saturated heterocycles. The lowest BCUT2D eigenvalue weighted by Gasteiger charge is -2.64. The smallest absolute Gasteiger partial charge is 0.227 e. The summed E-state index contributed by atoms with van der Waals surface area (Å²) in [7, 11) is 1.85. The number of carbonyl (C=O) groups excluding carboxylic acids is 1. The summed E-state index contributed by atoms with van der Waals surface area (Å²) in [4.78, 5) is 22.0. The minimum atomic E-state index is -0.954. The molecule has 0 aromatic heterocycles. The summed E-state index contributed by atoms with van der Waals surface area (Å²) >= 11 is 4.73. The average Bonchev–Trinajstić information content (AvgIpc) is 3.64. The molecule has 7 nitrogen and oxygen atoms in total. The van der Waals surface area contributed by atoms with E-state index in [2.05, 4.69) is 15.1 Å². The van der Waals surface area contributed by atoms with Crippen molar-refractivity contribution in [1.82, 2.24) is 9.80 Å². The minimum absolute atomic E-state index is 0.0112. The molecule has 7 rings (SSSR count). The number of hydrogen-bond acceptors (Lipinski definition) is 7. The van der Waals surface area contributed by atoms with Gasteiger partial charge in [-0.3, -0.25) is 9.69 Å². The van der Waals surface area contributed by atoms with E-state index in [9.17, 15) is 15.0 Å². The summed E-state index contributed by atoms with van der Waals surface area (Å²) < 4.78 is 6.63. The molecule has 198 valence electrons. The summed E-state index contributed by atoms with van der Waals surface area (Å²) in [6.07, 6.45) is 5.17. The molecule has 1 amide bonds. The molecule has 2 aliphatic heterocycles. The van der Waals surface area contributed by atoms with Gasteiger partial charge in [-0.25, -0.2) is 0 Å². The van der Waals surface area contributed by atoms with Crippen molar-refractivity contribution in [2.24, 2.45) is 10.9 Å². The molecule has 2 bridgehead atoms. The van der Waals surface area contributed by atoms with Gasteiger partial charge >= 0.3 is 0 Å². The number of likely N-dealkylation sites (N-methyl/N-ethyl adjacent to an activating group) is 1. The van der Waals surface area contributed by atoms with Crippen LogP contribution >= 0.6 is 12.2 Å². The molecule has 38 heavy (non-hydrogen) atoms. The minimum Gasteiger partial charge on any atom is -0.504 e. The van der Waals surface area contributed by atoms with E-state index >= 15 is 0 Å². The van der Waals surface area contributed by atoms with Gasteiger partial charge in [-0.2, -0.15) is 4.99 Å². The lowest BCUT2D eigenvalue weighted by atomic mass is 9.48. The normalized spacial score (nSPS) is 32.6.